The maximum atomic E-state index is 2.39. The second kappa shape index (κ2) is 9.66. The van der Waals surface area contributed by atoms with E-state index < -0.39 is 0 Å². The second-order valence-electron chi connectivity index (χ2n) is 6.55. The summed E-state index contributed by atoms with van der Waals surface area (Å²) in [4.78, 5) is 0. The molecule has 0 amide bonds. The molecule has 0 spiro atoms. The minimum absolute atomic E-state index is 1.23. The fourth-order valence-electron chi connectivity index (χ4n) is 3.34. The molecule has 2 aromatic rings. The molecule has 0 aromatic heterocycles. The summed E-state index contributed by atoms with van der Waals surface area (Å²) in [6.45, 7) is 4.56. The van der Waals surface area contributed by atoms with E-state index in [1.807, 2.05) is 0 Å². The van der Waals surface area contributed by atoms with Crippen molar-refractivity contribution in [1.29, 1.82) is 0 Å². The number of hydrogen-bond acceptors (Lipinski definition) is 0. The van der Waals surface area contributed by atoms with Gasteiger partial charge in [0.05, 0.1) is 0 Å². The number of fused-ring (bicyclic) bond motifs is 1. The highest BCUT2D eigenvalue weighted by Gasteiger charge is 2.05. The normalized spacial score (nSPS) is 11.2. The summed E-state index contributed by atoms with van der Waals surface area (Å²) in [5.41, 5.74) is 3.09. The molecule has 120 valence electrons. The summed E-state index contributed by atoms with van der Waals surface area (Å²) in [7, 11) is 0. The number of unbranched alkanes of at least 4 members (excludes halogenated alkanes) is 6. The molecule has 0 saturated carbocycles. The summed E-state index contributed by atoms with van der Waals surface area (Å²) in [5, 5.41) is 2.99. The van der Waals surface area contributed by atoms with Gasteiger partial charge in [0.15, 0.2) is 0 Å². The van der Waals surface area contributed by atoms with E-state index in [9.17, 15) is 0 Å². The molecule has 0 nitrogen and oxygen atoms in total. The molecule has 0 heteroatoms. The van der Waals surface area contributed by atoms with Crippen LogP contribution in [0.4, 0.5) is 0 Å². The lowest BCUT2D eigenvalue weighted by atomic mass is 9.93. The van der Waals surface area contributed by atoms with Gasteiger partial charge in [-0.15, -0.1) is 0 Å². The van der Waals surface area contributed by atoms with Crippen LogP contribution in [-0.4, -0.2) is 0 Å². The van der Waals surface area contributed by atoms with Crippen LogP contribution < -0.4 is 0 Å². The van der Waals surface area contributed by atoms with Gasteiger partial charge < -0.3 is 0 Å². The zero-order valence-electron chi connectivity index (χ0n) is 14.5. The molecule has 0 atom stereocenters. The summed E-state index contributed by atoms with van der Waals surface area (Å²) >= 11 is 0. The number of rotatable bonds is 10. The van der Waals surface area contributed by atoms with Gasteiger partial charge in [-0.1, -0.05) is 88.8 Å². The molecule has 2 aromatic carbocycles. The van der Waals surface area contributed by atoms with Gasteiger partial charge in [-0.05, 0) is 47.6 Å². The first-order valence-corrected chi connectivity index (χ1v) is 9.36. The largest absolute Gasteiger partial charge is 0.0654 e. The van der Waals surface area contributed by atoms with Gasteiger partial charge in [-0.25, -0.2) is 0 Å². The van der Waals surface area contributed by atoms with E-state index in [0.717, 1.165) is 0 Å². The van der Waals surface area contributed by atoms with Crippen molar-refractivity contribution in [1.82, 2.24) is 0 Å². The van der Waals surface area contributed by atoms with E-state index in [0.29, 0.717) is 0 Å². The number of benzene rings is 2. The van der Waals surface area contributed by atoms with Gasteiger partial charge in [0, 0.05) is 0 Å². The Morgan fingerprint density at radius 3 is 1.41 bits per heavy atom. The molecule has 0 aliphatic rings. The molecule has 0 radical (unpaired) electrons. The average Bonchev–Trinajstić information content (AvgIpc) is 2.56. The molecule has 0 saturated heterocycles. The molecular formula is C22H32. The van der Waals surface area contributed by atoms with Gasteiger partial charge in [0.1, 0.15) is 0 Å². The lowest BCUT2D eigenvalue weighted by Crippen LogP contribution is -1.93. The van der Waals surface area contributed by atoms with Crippen molar-refractivity contribution in [3.05, 3.63) is 47.5 Å². The van der Waals surface area contributed by atoms with Crippen molar-refractivity contribution < 1.29 is 0 Å². The van der Waals surface area contributed by atoms with E-state index in [1.54, 1.807) is 11.1 Å². The zero-order chi connectivity index (χ0) is 15.6. The number of hydrogen-bond donors (Lipinski definition) is 0. The second-order valence-corrected chi connectivity index (χ2v) is 6.55. The van der Waals surface area contributed by atoms with Gasteiger partial charge in [-0.3, -0.25) is 0 Å². The van der Waals surface area contributed by atoms with Crippen LogP contribution in [0.25, 0.3) is 10.8 Å². The summed E-state index contributed by atoms with van der Waals surface area (Å²) < 4.78 is 0. The fourth-order valence-corrected chi connectivity index (χ4v) is 3.34. The van der Waals surface area contributed by atoms with Crippen LogP contribution in [-0.2, 0) is 12.8 Å². The number of aryl methyl sites for hydroxylation is 2. The minimum atomic E-state index is 1.23. The van der Waals surface area contributed by atoms with E-state index >= 15 is 0 Å². The summed E-state index contributed by atoms with van der Waals surface area (Å²) in [6.07, 6.45) is 13.2. The Balaban J connectivity index is 2.08. The predicted molar refractivity (Wildman–Crippen MR) is 99.6 cm³/mol. The molecule has 0 aliphatic heterocycles. The zero-order valence-corrected chi connectivity index (χ0v) is 14.5. The Hall–Kier alpha value is -1.30. The van der Waals surface area contributed by atoms with Crippen molar-refractivity contribution in [3.63, 3.8) is 0 Å². The first-order valence-electron chi connectivity index (χ1n) is 9.36. The van der Waals surface area contributed by atoms with E-state index in [2.05, 4.69) is 50.2 Å². The van der Waals surface area contributed by atoms with Crippen LogP contribution >= 0.6 is 0 Å². The highest BCUT2D eigenvalue weighted by Crippen LogP contribution is 2.26. The Bertz CT molecular complexity index is 502. The van der Waals surface area contributed by atoms with E-state index in [-0.39, 0.29) is 0 Å². The van der Waals surface area contributed by atoms with Gasteiger partial charge in [0.2, 0.25) is 0 Å². The molecule has 22 heavy (non-hydrogen) atoms. The third kappa shape index (κ3) is 4.87. The maximum absolute atomic E-state index is 2.39. The van der Waals surface area contributed by atoms with Gasteiger partial charge >= 0.3 is 0 Å². The van der Waals surface area contributed by atoms with E-state index in [4.69, 9.17) is 0 Å². The highest BCUT2D eigenvalue weighted by atomic mass is 14.1. The lowest BCUT2D eigenvalue weighted by molar-refractivity contribution is 0.666. The Morgan fingerprint density at radius 1 is 0.545 bits per heavy atom. The smallest absolute Gasteiger partial charge is 0.0149 e. The van der Waals surface area contributed by atoms with Crippen LogP contribution in [0.3, 0.4) is 0 Å². The average molecular weight is 296 g/mol. The molecule has 0 unspecified atom stereocenters. The molecular weight excluding hydrogens is 264 g/mol. The van der Waals surface area contributed by atoms with Crippen LogP contribution in [0.1, 0.15) is 76.3 Å². The Kier molecular flexibility index (Phi) is 7.49. The highest BCUT2D eigenvalue weighted by molar-refractivity contribution is 5.88. The fraction of sp³-hybridized carbons (Fsp3) is 0.545. The molecule has 2 rings (SSSR count). The molecule has 0 N–H and O–H groups in total. The maximum Gasteiger partial charge on any atom is -0.0149 e. The quantitative estimate of drug-likeness (QED) is 0.411. The van der Waals surface area contributed by atoms with Crippen LogP contribution in [0.2, 0.25) is 0 Å². The minimum Gasteiger partial charge on any atom is -0.0654 e. The van der Waals surface area contributed by atoms with Crippen LogP contribution in [0.5, 0.6) is 0 Å². The Morgan fingerprint density at radius 2 is 1.00 bits per heavy atom. The van der Waals surface area contributed by atoms with Gasteiger partial charge in [0.25, 0.3) is 0 Å². The van der Waals surface area contributed by atoms with Crippen molar-refractivity contribution >= 4 is 10.8 Å². The molecule has 0 heterocycles. The SMILES string of the molecule is CCCCCCc1ccc(CCCCCC)c2ccccc12. The third-order valence-electron chi connectivity index (χ3n) is 4.70. The van der Waals surface area contributed by atoms with Crippen molar-refractivity contribution in [2.75, 3.05) is 0 Å². The van der Waals surface area contributed by atoms with Crippen molar-refractivity contribution in [3.8, 4) is 0 Å². The summed E-state index contributed by atoms with van der Waals surface area (Å²) in [6, 6.07) is 13.8. The topological polar surface area (TPSA) is 0 Å². The van der Waals surface area contributed by atoms with Crippen molar-refractivity contribution in [2.45, 2.75) is 78.1 Å². The van der Waals surface area contributed by atoms with Crippen molar-refractivity contribution in [2.24, 2.45) is 0 Å². The standard InChI is InChI=1S/C22H32/c1-3-5-7-9-13-19-17-18-20(14-10-8-6-4-2)22-16-12-11-15-21(19)22/h11-12,15-18H,3-10,13-14H2,1-2H3. The van der Waals surface area contributed by atoms with E-state index in [1.165, 1.54) is 75.0 Å². The summed E-state index contributed by atoms with van der Waals surface area (Å²) in [5.74, 6) is 0. The predicted octanol–water partition coefficient (Wildman–Crippen LogP) is 7.09. The first kappa shape index (κ1) is 17.1. The Labute approximate surface area is 136 Å². The monoisotopic (exact) mass is 296 g/mol. The van der Waals surface area contributed by atoms with Crippen LogP contribution in [0.15, 0.2) is 36.4 Å². The third-order valence-corrected chi connectivity index (χ3v) is 4.70. The van der Waals surface area contributed by atoms with Crippen LogP contribution in [0, 0.1) is 0 Å². The van der Waals surface area contributed by atoms with Gasteiger partial charge in [-0.2, -0.15) is 0 Å². The lowest BCUT2D eigenvalue weighted by Gasteiger charge is -2.11. The molecule has 0 fully saturated rings. The molecule has 0 aliphatic carbocycles. The molecule has 0 bridgehead atoms. The first-order chi connectivity index (χ1) is 10.9.